The number of benzene rings is 1. The molecule has 1 aromatic heterocycles. The highest BCUT2D eigenvalue weighted by atomic mass is 32.2. The van der Waals surface area contributed by atoms with E-state index in [-0.39, 0.29) is 11.3 Å². The van der Waals surface area contributed by atoms with Crippen molar-refractivity contribution in [2.75, 3.05) is 11.6 Å². The number of aryl methyl sites for hydroxylation is 2. The third-order valence-corrected chi connectivity index (χ3v) is 4.86. The predicted octanol–water partition coefficient (Wildman–Crippen LogP) is 1.77. The van der Waals surface area contributed by atoms with Gasteiger partial charge in [-0.2, -0.15) is 5.10 Å². The first kappa shape index (κ1) is 20.6. The van der Waals surface area contributed by atoms with E-state index in [1.807, 2.05) is 6.92 Å². The molecule has 2 rings (SSSR count). The van der Waals surface area contributed by atoms with Crippen molar-refractivity contribution in [3.05, 3.63) is 46.8 Å². The predicted molar refractivity (Wildman–Crippen MR) is 101 cm³/mol. The van der Waals surface area contributed by atoms with Crippen LogP contribution in [0.1, 0.15) is 34.2 Å². The van der Waals surface area contributed by atoms with Gasteiger partial charge in [-0.1, -0.05) is 12.1 Å². The summed E-state index contributed by atoms with van der Waals surface area (Å²) in [6, 6.07) is 6.14. The molecule has 0 aliphatic heterocycles. The molecule has 1 amide bonds. The molecule has 0 unspecified atom stereocenters. The molecule has 0 radical (unpaired) electrons. The minimum atomic E-state index is -3.22. The van der Waals surface area contributed by atoms with Gasteiger partial charge in [0.2, 0.25) is 0 Å². The second-order valence-electron chi connectivity index (χ2n) is 6.48. The first-order valence-corrected chi connectivity index (χ1v) is 10.3. The highest BCUT2D eigenvalue weighted by Crippen LogP contribution is 2.19. The fraction of sp³-hybridized carbons (Fsp3) is 0.389. The quantitative estimate of drug-likeness (QED) is 0.750. The number of carbonyl (C=O) groups is 2. The van der Waals surface area contributed by atoms with Crippen LogP contribution in [0.4, 0.5) is 5.69 Å². The van der Waals surface area contributed by atoms with E-state index in [0.29, 0.717) is 16.9 Å². The smallest absolute Gasteiger partial charge is 0.338 e. The summed E-state index contributed by atoms with van der Waals surface area (Å²) in [6.45, 7) is 5.06. The zero-order chi connectivity index (χ0) is 20.4. The maximum absolute atomic E-state index is 12.3. The number of sulfone groups is 1. The van der Waals surface area contributed by atoms with Crippen molar-refractivity contribution in [2.24, 2.45) is 7.05 Å². The number of anilines is 1. The Morgan fingerprint density at radius 3 is 2.52 bits per heavy atom. The number of carbonyl (C=O) groups excluding carboxylic acids is 2. The standard InChI is InChI=1S/C18H23N3O5S/c1-11-16(12(2)21(4)20-11)19-17(22)13(3)26-18(23)15-8-6-7-14(9-15)10-27(5,24)25/h6-9,13H,10H2,1-5H3,(H,19,22)/t13-/m1/s1. The van der Waals surface area contributed by atoms with Crippen molar-refractivity contribution in [1.29, 1.82) is 0 Å². The van der Waals surface area contributed by atoms with Crippen LogP contribution < -0.4 is 5.32 Å². The van der Waals surface area contributed by atoms with E-state index in [9.17, 15) is 18.0 Å². The topological polar surface area (TPSA) is 107 Å². The summed E-state index contributed by atoms with van der Waals surface area (Å²) in [5.41, 5.74) is 2.69. The maximum Gasteiger partial charge on any atom is 0.338 e. The van der Waals surface area contributed by atoms with E-state index in [1.54, 1.807) is 30.8 Å². The van der Waals surface area contributed by atoms with Gasteiger partial charge in [-0.15, -0.1) is 0 Å². The molecule has 27 heavy (non-hydrogen) atoms. The number of nitrogens with one attached hydrogen (secondary N) is 1. The fourth-order valence-corrected chi connectivity index (χ4v) is 3.34. The first-order chi connectivity index (χ1) is 12.5. The van der Waals surface area contributed by atoms with E-state index in [4.69, 9.17) is 4.74 Å². The molecular weight excluding hydrogens is 370 g/mol. The van der Waals surface area contributed by atoms with Crippen molar-refractivity contribution >= 4 is 27.4 Å². The maximum atomic E-state index is 12.3. The summed E-state index contributed by atoms with van der Waals surface area (Å²) in [7, 11) is -1.45. The van der Waals surface area contributed by atoms with Crippen LogP contribution in [-0.4, -0.2) is 42.4 Å². The normalized spacial score (nSPS) is 12.5. The molecule has 0 saturated heterocycles. The van der Waals surface area contributed by atoms with Gasteiger partial charge >= 0.3 is 5.97 Å². The molecule has 1 N–H and O–H groups in total. The Labute approximate surface area is 158 Å². The average molecular weight is 393 g/mol. The fourth-order valence-electron chi connectivity index (χ4n) is 2.55. The lowest BCUT2D eigenvalue weighted by molar-refractivity contribution is -0.123. The average Bonchev–Trinajstić information content (AvgIpc) is 2.79. The number of amides is 1. The van der Waals surface area contributed by atoms with Crippen molar-refractivity contribution < 1.29 is 22.7 Å². The van der Waals surface area contributed by atoms with Crippen molar-refractivity contribution in [3.63, 3.8) is 0 Å². The van der Waals surface area contributed by atoms with Crippen LogP contribution in [0.15, 0.2) is 24.3 Å². The van der Waals surface area contributed by atoms with Crippen LogP contribution in [0.5, 0.6) is 0 Å². The van der Waals surface area contributed by atoms with Gasteiger partial charge in [0.05, 0.1) is 28.4 Å². The number of ether oxygens (including phenoxy) is 1. The number of nitrogens with zero attached hydrogens (tertiary/aromatic N) is 2. The highest BCUT2D eigenvalue weighted by molar-refractivity contribution is 7.89. The van der Waals surface area contributed by atoms with Gasteiger partial charge in [0.1, 0.15) is 0 Å². The van der Waals surface area contributed by atoms with Gasteiger partial charge in [-0.25, -0.2) is 13.2 Å². The third kappa shape index (κ3) is 5.40. The Kier molecular flexibility index (Phi) is 6.04. The van der Waals surface area contributed by atoms with Crippen LogP contribution in [0.25, 0.3) is 0 Å². The van der Waals surface area contributed by atoms with Crippen LogP contribution in [0.3, 0.4) is 0 Å². The molecule has 2 aromatic rings. The molecule has 0 fully saturated rings. The molecular formula is C18H23N3O5S. The Morgan fingerprint density at radius 1 is 1.30 bits per heavy atom. The summed E-state index contributed by atoms with van der Waals surface area (Å²) in [4.78, 5) is 24.6. The van der Waals surface area contributed by atoms with Gasteiger partial charge in [-0.3, -0.25) is 9.48 Å². The largest absolute Gasteiger partial charge is 0.449 e. The molecule has 0 saturated carbocycles. The Hall–Kier alpha value is -2.68. The summed E-state index contributed by atoms with van der Waals surface area (Å²) >= 11 is 0. The Morgan fingerprint density at radius 2 is 1.96 bits per heavy atom. The molecule has 0 aliphatic rings. The molecule has 0 spiro atoms. The number of hydrogen-bond acceptors (Lipinski definition) is 6. The minimum absolute atomic E-state index is 0.177. The van der Waals surface area contributed by atoms with Crippen molar-refractivity contribution in [1.82, 2.24) is 9.78 Å². The van der Waals surface area contributed by atoms with E-state index in [0.717, 1.165) is 11.9 Å². The van der Waals surface area contributed by atoms with E-state index in [1.165, 1.54) is 19.1 Å². The molecule has 1 atom stereocenters. The van der Waals surface area contributed by atoms with Gasteiger partial charge in [0, 0.05) is 13.3 Å². The first-order valence-electron chi connectivity index (χ1n) is 8.26. The zero-order valence-electron chi connectivity index (χ0n) is 15.9. The van der Waals surface area contributed by atoms with Gasteiger partial charge in [0.15, 0.2) is 15.9 Å². The van der Waals surface area contributed by atoms with Gasteiger partial charge < -0.3 is 10.1 Å². The monoisotopic (exact) mass is 393 g/mol. The van der Waals surface area contributed by atoms with Gasteiger partial charge in [0.25, 0.3) is 5.91 Å². The molecule has 1 heterocycles. The highest BCUT2D eigenvalue weighted by Gasteiger charge is 2.22. The molecule has 146 valence electrons. The van der Waals surface area contributed by atoms with Crippen LogP contribution >= 0.6 is 0 Å². The summed E-state index contributed by atoms with van der Waals surface area (Å²) in [5, 5.41) is 6.94. The molecule has 8 nitrogen and oxygen atoms in total. The number of rotatable bonds is 6. The molecule has 1 aromatic carbocycles. The second kappa shape index (κ2) is 7.91. The lowest BCUT2D eigenvalue weighted by atomic mass is 10.1. The van der Waals surface area contributed by atoms with E-state index >= 15 is 0 Å². The number of hydrogen-bond donors (Lipinski definition) is 1. The van der Waals surface area contributed by atoms with Crippen molar-refractivity contribution in [3.8, 4) is 0 Å². The lowest BCUT2D eigenvalue weighted by Crippen LogP contribution is -2.30. The van der Waals surface area contributed by atoms with Crippen molar-refractivity contribution in [2.45, 2.75) is 32.6 Å². The Bertz CT molecular complexity index is 979. The lowest BCUT2D eigenvalue weighted by Gasteiger charge is -2.14. The Balaban J connectivity index is 2.06. The molecule has 0 bridgehead atoms. The van der Waals surface area contributed by atoms with Crippen LogP contribution in [0.2, 0.25) is 0 Å². The molecule has 0 aliphatic carbocycles. The SMILES string of the molecule is Cc1nn(C)c(C)c1NC(=O)[C@@H](C)OC(=O)c1cccc(CS(C)(=O)=O)c1. The third-order valence-electron chi connectivity index (χ3n) is 4.00. The summed E-state index contributed by atoms with van der Waals surface area (Å²) in [5.74, 6) is -1.36. The summed E-state index contributed by atoms with van der Waals surface area (Å²) < 4.78 is 29.7. The minimum Gasteiger partial charge on any atom is -0.449 e. The van der Waals surface area contributed by atoms with Gasteiger partial charge in [-0.05, 0) is 38.5 Å². The summed E-state index contributed by atoms with van der Waals surface area (Å²) in [6.07, 6.45) is 0.0855. The number of esters is 1. The zero-order valence-corrected chi connectivity index (χ0v) is 16.8. The second-order valence-corrected chi connectivity index (χ2v) is 8.62. The van der Waals surface area contributed by atoms with Crippen LogP contribution in [-0.2, 0) is 32.2 Å². The molecule has 9 heteroatoms. The van der Waals surface area contributed by atoms with E-state index in [2.05, 4.69) is 10.4 Å². The van der Waals surface area contributed by atoms with E-state index < -0.39 is 27.8 Å². The van der Waals surface area contributed by atoms with Crippen LogP contribution in [0, 0.1) is 13.8 Å². The number of aromatic nitrogens is 2.